The highest BCUT2D eigenvalue weighted by Gasteiger charge is 2.32. The number of pyridine rings is 1. The first-order chi connectivity index (χ1) is 15.4. The lowest BCUT2D eigenvalue weighted by Crippen LogP contribution is -2.28. The maximum Gasteiger partial charge on any atom is 0.356 e. The number of rotatable bonds is 8. The van der Waals surface area contributed by atoms with Crippen molar-refractivity contribution in [3.63, 3.8) is 0 Å². The number of carbonyl (C=O) groups excluding carboxylic acids is 1. The van der Waals surface area contributed by atoms with Crippen LogP contribution < -0.4 is 0 Å². The number of aromatic nitrogens is 1. The van der Waals surface area contributed by atoms with Crippen LogP contribution in [0.3, 0.4) is 0 Å². The number of hydrogen-bond acceptors (Lipinski definition) is 6. The van der Waals surface area contributed by atoms with Crippen molar-refractivity contribution < 1.29 is 14.1 Å². The number of ether oxygens (including phenoxy) is 1. The molecule has 3 rings (SSSR count). The lowest BCUT2D eigenvalue weighted by Gasteiger charge is -2.19. The molecular weight excluding hydrogens is 422 g/mol. The van der Waals surface area contributed by atoms with Gasteiger partial charge < -0.3 is 9.29 Å². The molecule has 1 aromatic carbocycles. The third-order valence-electron chi connectivity index (χ3n) is 5.11. The molecule has 32 heavy (non-hydrogen) atoms. The van der Waals surface area contributed by atoms with Gasteiger partial charge in [-0.05, 0) is 51.2 Å². The third-order valence-corrected chi connectivity index (χ3v) is 6.58. The molecule has 7 heteroatoms. The van der Waals surface area contributed by atoms with Crippen LogP contribution in [0.4, 0.5) is 0 Å². The third kappa shape index (κ3) is 6.11. The summed E-state index contributed by atoms with van der Waals surface area (Å²) in [4.78, 5) is 19.2. The molecule has 1 aliphatic heterocycles. The van der Waals surface area contributed by atoms with Gasteiger partial charge >= 0.3 is 5.97 Å². The molecule has 6 nitrogen and oxygen atoms in total. The molecule has 1 atom stereocenters. The number of esters is 1. The van der Waals surface area contributed by atoms with Gasteiger partial charge in [0.15, 0.2) is 0 Å². The zero-order valence-electron chi connectivity index (χ0n) is 19.3. The van der Waals surface area contributed by atoms with E-state index in [-0.39, 0.29) is 12.3 Å². The van der Waals surface area contributed by atoms with Crippen molar-refractivity contribution in [1.29, 1.82) is 0 Å². The minimum absolute atomic E-state index is 0.283. The van der Waals surface area contributed by atoms with Gasteiger partial charge in [0, 0.05) is 28.1 Å². The summed E-state index contributed by atoms with van der Waals surface area (Å²) in [6, 6.07) is 9.68. The molecule has 0 saturated carbocycles. The van der Waals surface area contributed by atoms with E-state index in [0.29, 0.717) is 25.4 Å². The Bertz CT molecular complexity index is 1010. The molecule has 1 aliphatic rings. The Morgan fingerprint density at radius 3 is 2.81 bits per heavy atom. The molecule has 0 spiro atoms. The summed E-state index contributed by atoms with van der Waals surface area (Å²) in [7, 11) is 3.96. The SMILES string of the molecule is CCCC[S@@+]([O-])N1Cc2cc(C(=O)OCC)nc(-c3cccc(C#CCN(C)C)c3)c2C1. The van der Waals surface area contributed by atoms with E-state index in [1.165, 1.54) is 0 Å². The maximum atomic E-state index is 12.8. The Labute approximate surface area is 194 Å². The zero-order chi connectivity index (χ0) is 23.1. The molecule has 0 radical (unpaired) electrons. The lowest BCUT2D eigenvalue weighted by atomic mass is 10.0. The van der Waals surface area contributed by atoms with Gasteiger partial charge in [0.2, 0.25) is 0 Å². The van der Waals surface area contributed by atoms with Gasteiger partial charge in [0.1, 0.15) is 11.4 Å². The minimum atomic E-state index is -1.06. The van der Waals surface area contributed by atoms with Crippen molar-refractivity contribution in [2.45, 2.75) is 39.8 Å². The summed E-state index contributed by atoms with van der Waals surface area (Å²) in [5.41, 5.74) is 4.80. The minimum Gasteiger partial charge on any atom is -0.598 e. The Morgan fingerprint density at radius 1 is 1.28 bits per heavy atom. The summed E-state index contributed by atoms with van der Waals surface area (Å²) in [6.07, 6.45) is 1.93. The first-order valence-electron chi connectivity index (χ1n) is 11.0. The van der Waals surface area contributed by atoms with E-state index in [1.807, 2.05) is 47.6 Å². The highest BCUT2D eigenvalue weighted by molar-refractivity contribution is 7.89. The molecule has 0 aliphatic carbocycles. The fourth-order valence-electron chi connectivity index (χ4n) is 3.50. The van der Waals surface area contributed by atoms with Crippen molar-refractivity contribution in [2.75, 3.05) is 33.0 Å². The van der Waals surface area contributed by atoms with Crippen LogP contribution in [0.15, 0.2) is 30.3 Å². The van der Waals surface area contributed by atoms with Gasteiger partial charge in [-0.1, -0.05) is 37.3 Å². The number of nitrogens with zero attached hydrogens (tertiary/aromatic N) is 3. The number of fused-ring (bicyclic) bond motifs is 1. The van der Waals surface area contributed by atoms with Crippen LogP contribution >= 0.6 is 0 Å². The van der Waals surface area contributed by atoms with Crippen molar-refractivity contribution >= 4 is 17.3 Å². The molecule has 0 fully saturated rings. The Hall–Kier alpha value is -2.37. The number of benzene rings is 1. The molecule has 0 N–H and O–H groups in total. The maximum absolute atomic E-state index is 12.8. The molecule has 2 heterocycles. The summed E-state index contributed by atoms with van der Waals surface area (Å²) < 4.78 is 19.9. The number of unbranched alkanes of at least 4 members (excludes halogenated alkanes) is 1. The smallest absolute Gasteiger partial charge is 0.356 e. The molecular formula is C25H31N3O3S. The second-order valence-corrected chi connectivity index (χ2v) is 9.58. The summed E-state index contributed by atoms with van der Waals surface area (Å²) in [5, 5.41) is 0. The monoisotopic (exact) mass is 453 g/mol. The van der Waals surface area contributed by atoms with Crippen molar-refractivity contribution in [2.24, 2.45) is 0 Å². The molecule has 170 valence electrons. The number of hydrogen-bond donors (Lipinski definition) is 0. The van der Waals surface area contributed by atoms with Crippen LogP contribution in [-0.4, -0.2) is 57.7 Å². The second-order valence-electron chi connectivity index (χ2n) is 8.01. The van der Waals surface area contributed by atoms with E-state index in [9.17, 15) is 9.35 Å². The van der Waals surface area contributed by atoms with E-state index in [2.05, 4.69) is 23.7 Å². The average molecular weight is 454 g/mol. The lowest BCUT2D eigenvalue weighted by molar-refractivity contribution is 0.0519. The van der Waals surface area contributed by atoms with Crippen LogP contribution in [0.5, 0.6) is 0 Å². The van der Waals surface area contributed by atoms with E-state index < -0.39 is 17.3 Å². The summed E-state index contributed by atoms with van der Waals surface area (Å²) >= 11 is -1.06. The Balaban J connectivity index is 1.99. The first kappa shape index (κ1) is 24.3. The van der Waals surface area contributed by atoms with E-state index in [4.69, 9.17) is 4.74 Å². The van der Waals surface area contributed by atoms with Crippen LogP contribution in [0.1, 0.15) is 53.9 Å². The van der Waals surface area contributed by atoms with Gasteiger partial charge in [-0.15, -0.1) is 4.31 Å². The van der Waals surface area contributed by atoms with Crippen molar-refractivity contribution in [3.05, 3.63) is 52.7 Å². The van der Waals surface area contributed by atoms with Crippen LogP contribution in [-0.2, 0) is 29.2 Å². The standard InChI is InChI=1S/C25H31N3O3S/c1-5-7-14-32(30)28-17-21-16-23(25(29)31-6-2)26-24(22(21)18-28)20-12-8-10-19(15-20)11-9-13-27(3)4/h8,10,12,15-16H,5-7,13-14,17-18H2,1-4H3/t32-/m1/s1. The van der Waals surface area contributed by atoms with Crippen LogP contribution in [0.25, 0.3) is 11.3 Å². The molecule has 0 bridgehead atoms. The fraction of sp³-hybridized carbons (Fsp3) is 0.440. The topological polar surface area (TPSA) is 68.7 Å². The molecule has 2 aromatic rings. The van der Waals surface area contributed by atoms with Gasteiger partial charge in [-0.25, -0.2) is 9.78 Å². The van der Waals surface area contributed by atoms with E-state index in [1.54, 1.807) is 13.0 Å². The molecule has 1 aromatic heterocycles. The highest BCUT2D eigenvalue weighted by atomic mass is 32.2. The average Bonchev–Trinajstić information content (AvgIpc) is 3.21. The van der Waals surface area contributed by atoms with Gasteiger partial charge in [-0.3, -0.25) is 4.90 Å². The number of carbonyl (C=O) groups is 1. The van der Waals surface area contributed by atoms with E-state index in [0.717, 1.165) is 40.8 Å². The van der Waals surface area contributed by atoms with E-state index >= 15 is 0 Å². The molecule has 0 saturated heterocycles. The molecule has 0 amide bonds. The Morgan fingerprint density at radius 2 is 2.09 bits per heavy atom. The highest BCUT2D eigenvalue weighted by Crippen LogP contribution is 2.34. The quantitative estimate of drug-likeness (QED) is 0.346. The first-order valence-corrected chi connectivity index (χ1v) is 12.3. The Kier molecular flexibility index (Phi) is 8.71. The van der Waals surface area contributed by atoms with Crippen molar-refractivity contribution in [3.8, 4) is 23.1 Å². The summed E-state index contributed by atoms with van der Waals surface area (Å²) in [5.74, 6) is 6.55. The zero-order valence-corrected chi connectivity index (χ0v) is 20.1. The second kappa shape index (κ2) is 11.5. The van der Waals surface area contributed by atoms with Gasteiger partial charge in [-0.2, -0.15) is 0 Å². The van der Waals surface area contributed by atoms with Crippen LogP contribution in [0, 0.1) is 11.8 Å². The van der Waals surface area contributed by atoms with Crippen molar-refractivity contribution in [1.82, 2.24) is 14.2 Å². The van der Waals surface area contributed by atoms with Gasteiger partial charge in [0.05, 0.1) is 31.9 Å². The normalized spacial score (nSPS) is 14.1. The molecule has 0 unspecified atom stereocenters. The largest absolute Gasteiger partial charge is 0.598 e. The van der Waals surface area contributed by atoms with Crippen LogP contribution in [0.2, 0.25) is 0 Å². The summed E-state index contributed by atoms with van der Waals surface area (Å²) in [6.45, 7) is 5.92. The predicted molar refractivity (Wildman–Crippen MR) is 128 cm³/mol. The predicted octanol–water partition coefficient (Wildman–Crippen LogP) is 3.62. The van der Waals surface area contributed by atoms with Gasteiger partial charge in [0.25, 0.3) is 0 Å². The fourth-order valence-corrected chi connectivity index (χ4v) is 4.85.